The summed E-state index contributed by atoms with van der Waals surface area (Å²) < 4.78 is 5.29. The molecule has 1 aromatic rings. The van der Waals surface area contributed by atoms with Gasteiger partial charge in [0.25, 0.3) is 0 Å². The zero-order valence-electron chi connectivity index (χ0n) is 12.0. The molecule has 20 heavy (non-hydrogen) atoms. The molecule has 1 aliphatic heterocycles. The number of esters is 1. The van der Waals surface area contributed by atoms with Crippen LogP contribution in [0.25, 0.3) is 0 Å². The quantitative estimate of drug-likeness (QED) is 0.625. The van der Waals surface area contributed by atoms with Crippen LogP contribution in [0, 0.1) is 11.8 Å². The Morgan fingerprint density at radius 1 is 1.25 bits per heavy atom. The van der Waals surface area contributed by atoms with E-state index in [9.17, 15) is 4.79 Å². The number of ether oxygens (including phenoxy) is 1. The van der Waals surface area contributed by atoms with Crippen LogP contribution in [0.15, 0.2) is 30.3 Å². The SMILES string of the molecule is CC(=O)O[C@@H](C#CCN1CCCCC1)c1ccccc1. The summed E-state index contributed by atoms with van der Waals surface area (Å²) in [6.45, 7) is 4.42. The van der Waals surface area contributed by atoms with Crippen LogP contribution in [0.5, 0.6) is 0 Å². The van der Waals surface area contributed by atoms with Crippen LogP contribution in [-0.2, 0) is 9.53 Å². The molecule has 0 bridgehead atoms. The molecule has 3 nitrogen and oxygen atoms in total. The van der Waals surface area contributed by atoms with E-state index >= 15 is 0 Å². The number of rotatable bonds is 3. The van der Waals surface area contributed by atoms with Gasteiger partial charge in [-0.3, -0.25) is 9.69 Å². The fourth-order valence-corrected chi connectivity index (χ4v) is 2.34. The van der Waals surface area contributed by atoms with Gasteiger partial charge in [0, 0.05) is 12.5 Å². The maximum atomic E-state index is 11.2. The Morgan fingerprint density at radius 2 is 1.95 bits per heavy atom. The molecule has 0 spiro atoms. The smallest absolute Gasteiger partial charge is 0.304 e. The predicted molar refractivity (Wildman–Crippen MR) is 79.0 cm³/mol. The summed E-state index contributed by atoms with van der Waals surface area (Å²) in [5, 5.41) is 0. The van der Waals surface area contributed by atoms with Crippen molar-refractivity contribution in [3.05, 3.63) is 35.9 Å². The second-order valence-electron chi connectivity index (χ2n) is 5.06. The van der Waals surface area contributed by atoms with Crippen molar-refractivity contribution >= 4 is 5.97 Å². The van der Waals surface area contributed by atoms with Gasteiger partial charge in [-0.2, -0.15) is 0 Å². The Kier molecular flexibility index (Phi) is 5.64. The Morgan fingerprint density at radius 3 is 2.60 bits per heavy atom. The molecular formula is C17H21NO2. The van der Waals surface area contributed by atoms with E-state index in [1.54, 1.807) is 0 Å². The summed E-state index contributed by atoms with van der Waals surface area (Å²) >= 11 is 0. The first-order valence-electron chi connectivity index (χ1n) is 7.18. The summed E-state index contributed by atoms with van der Waals surface area (Å²) in [6, 6.07) is 9.66. The first-order chi connectivity index (χ1) is 9.75. The van der Waals surface area contributed by atoms with Gasteiger partial charge in [0.15, 0.2) is 6.10 Å². The first kappa shape index (κ1) is 14.6. The van der Waals surface area contributed by atoms with Crippen molar-refractivity contribution in [2.24, 2.45) is 0 Å². The third-order valence-electron chi connectivity index (χ3n) is 3.37. The highest BCUT2D eigenvalue weighted by atomic mass is 16.5. The van der Waals surface area contributed by atoms with E-state index in [-0.39, 0.29) is 5.97 Å². The molecule has 0 aromatic heterocycles. The van der Waals surface area contributed by atoms with Gasteiger partial charge in [-0.25, -0.2) is 0 Å². The van der Waals surface area contributed by atoms with E-state index in [0.717, 1.165) is 25.2 Å². The maximum Gasteiger partial charge on any atom is 0.304 e. The normalized spacial score (nSPS) is 16.9. The number of carbonyl (C=O) groups excluding carboxylic acids is 1. The van der Waals surface area contributed by atoms with E-state index < -0.39 is 6.10 Å². The highest BCUT2D eigenvalue weighted by Gasteiger charge is 2.11. The zero-order chi connectivity index (χ0) is 14.2. The average molecular weight is 271 g/mol. The third-order valence-corrected chi connectivity index (χ3v) is 3.37. The molecule has 106 valence electrons. The molecule has 0 N–H and O–H groups in total. The summed E-state index contributed by atoms with van der Waals surface area (Å²) in [5.41, 5.74) is 0.925. The fraction of sp³-hybridized carbons (Fsp3) is 0.471. The molecule has 0 saturated carbocycles. The average Bonchev–Trinajstić information content (AvgIpc) is 2.48. The molecule has 1 heterocycles. The number of nitrogens with zero attached hydrogens (tertiary/aromatic N) is 1. The lowest BCUT2D eigenvalue weighted by molar-refractivity contribution is -0.144. The summed E-state index contributed by atoms with van der Waals surface area (Å²) in [4.78, 5) is 13.5. The lowest BCUT2D eigenvalue weighted by Gasteiger charge is -2.24. The van der Waals surface area contributed by atoms with Gasteiger partial charge in [-0.1, -0.05) is 48.6 Å². The number of hydrogen-bond acceptors (Lipinski definition) is 3. The summed E-state index contributed by atoms with van der Waals surface area (Å²) in [6.07, 6.45) is 3.38. The fourth-order valence-electron chi connectivity index (χ4n) is 2.34. The largest absolute Gasteiger partial charge is 0.444 e. The van der Waals surface area contributed by atoms with Crippen LogP contribution in [0.3, 0.4) is 0 Å². The minimum atomic E-state index is -0.460. The second-order valence-corrected chi connectivity index (χ2v) is 5.06. The maximum absolute atomic E-state index is 11.2. The van der Waals surface area contributed by atoms with E-state index in [0.29, 0.717) is 0 Å². The van der Waals surface area contributed by atoms with Gasteiger partial charge in [-0.15, -0.1) is 0 Å². The number of benzene rings is 1. The molecule has 0 amide bonds. The molecule has 3 heteroatoms. The number of hydrogen-bond donors (Lipinski definition) is 0. The minimum absolute atomic E-state index is 0.300. The monoisotopic (exact) mass is 271 g/mol. The third kappa shape index (κ3) is 4.71. The van der Waals surface area contributed by atoms with Gasteiger partial charge in [0.1, 0.15) is 0 Å². The van der Waals surface area contributed by atoms with Gasteiger partial charge < -0.3 is 4.74 Å². The molecule has 1 saturated heterocycles. The van der Waals surface area contributed by atoms with Crippen LogP contribution in [0.4, 0.5) is 0 Å². The molecule has 0 unspecified atom stereocenters. The topological polar surface area (TPSA) is 29.5 Å². The van der Waals surface area contributed by atoms with Crippen LogP contribution >= 0.6 is 0 Å². The first-order valence-corrected chi connectivity index (χ1v) is 7.18. The van der Waals surface area contributed by atoms with Crippen molar-refractivity contribution in [2.45, 2.75) is 32.3 Å². The molecular weight excluding hydrogens is 250 g/mol. The van der Waals surface area contributed by atoms with E-state index in [2.05, 4.69) is 16.7 Å². The predicted octanol–water partition coefficient (Wildman–Crippen LogP) is 2.78. The molecule has 0 aliphatic carbocycles. The van der Waals surface area contributed by atoms with Crippen molar-refractivity contribution in [1.82, 2.24) is 4.90 Å². The van der Waals surface area contributed by atoms with E-state index in [1.165, 1.54) is 26.2 Å². The number of likely N-dealkylation sites (tertiary alicyclic amines) is 1. The Bertz CT molecular complexity index is 481. The van der Waals surface area contributed by atoms with Crippen molar-refractivity contribution in [1.29, 1.82) is 0 Å². The van der Waals surface area contributed by atoms with Gasteiger partial charge in [0.05, 0.1) is 6.54 Å². The van der Waals surface area contributed by atoms with E-state index in [4.69, 9.17) is 4.74 Å². The van der Waals surface area contributed by atoms with Crippen LogP contribution in [0.2, 0.25) is 0 Å². The minimum Gasteiger partial charge on any atom is -0.444 e. The Labute approximate surface area is 120 Å². The van der Waals surface area contributed by atoms with Gasteiger partial charge in [0.2, 0.25) is 0 Å². The molecule has 1 aromatic carbocycles. The highest BCUT2D eigenvalue weighted by molar-refractivity contribution is 5.66. The molecule has 1 fully saturated rings. The molecule has 0 radical (unpaired) electrons. The Balaban J connectivity index is 1.99. The standard InChI is InChI=1S/C17H21NO2/c1-15(19)20-17(16-9-4-2-5-10-16)11-8-14-18-12-6-3-7-13-18/h2,4-5,9-10,17H,3,6-7,12-14H2,1H3/t17-/m0/s1. The molecule has 1 atom stereocenters. The summed E-state index contributed by atoms with van der Waals surface area (Å²) in [5.74, 6) is 5.94. The number of carbonyl (C=O) groups is 1. The van der Waals surface area contributed by atoms with Crippen molar-refractivity contribution in [3.63, 3.8) is 0 Å². The van der Waals surface area contributed by atoms with Crippen LogP contribution in [-0.4, -0.2) is 30.5 Å². The number of piperidine rings is 1. The second kappa shape index (κ2) is 7.72. The summed E-state index contributed by atoms with van der Waals surface area (Å²) in [7, 11) is 0. The lowest BCUT2D eigenvalue weighted by Crippen LogP contribution is -2.29. The van der Waals surface area contributed by atoms with Crippen molar-refractivity contribution in [3.8, 4) is 11.8 Å². The van der Waals surface area contributed by atoms with Crippen molar-refractivity contribution < 1.29 is 9.53 Å². The van der Waals surface area contributed by atoms with Gasteiger partial charge >= 0.3 is 5.97 Å². The van der Waals surface area contributed by atoms with Crippen molar-refractivity contribution in [2.75, 3.05) is 19.6 Å². The van der Waals surface area contributed by atoms with E-state index in [1.807, 2.05) is 30.3 Å². The molecule has 1 aliphatic rings. The molecule has 2 rings (SSSR count). The lowest BCUT2D eigenvalue weighted by atomic mass is 10.1. The van der Waals surface area contributed by atoms with Crippen LogP contribution < -0.4 is 0 Å². The van der Waals surface area contributed by atoms with Gasteiger partial charge in [-0.05, 0) is 25.9 Å². The zero-order valence-corrected chi connectivity index (χ0v) is 12.0. The Hall–Kier alpha value is -1.79. The van der Waals surface area contributed by atoms with Crippen LogP contribution in [0.1, 0.15) is 37.9 Å². The highest BCUT2D eigenvalue weighted by Crippen LogP contribution is 2.16.